The summed E-state index contributed by atoms with van der Waals surface area (Å²) in [7, 11) is 1.76. The maximum Gasteiger partial charge on any atom is 0.323 e. The number of hydrogen-bond acceptors (Lipinski definition) is 3. The van der Waals surface area contributed by atoms with Crippen molar-refractivity contribution in [1.82, 2.24) is 5.32 Å². The van der Waals surface area contributed by atoms with Gasteiger partial charge in [0, 0.05) is 4.47 Å². The number of likely N-dealkylation sites (N-methyl/N-ethyl adjacent to an activating group) is 1. The molecule has 1 aromatic rings. The molecule has 0 aliphatic rings. The highest BCUT2D eigenvalue weighted by Gasteiger charge is 2.17. The fourth-order valence-corrected chi connectivity index (χ4v) is 1.67. The highest BCUT2D eigenvalue weighted by Crippen LogP contribution is 2.12. The number of carbonyl (C=O) groups excluding carboxylic acids is 1. The lowest BCUT2D eigenvalue weighted by Crippen LogP contribution is -2.37. The quantitative estimate of drug-likeness (QED) is 0.843. The molecule has 4 heteroatoms. The average Bonchev–Trinajstić information content (AvgIpc) is 2.28. The van der Waals surface area contributed by atoms with Gasteiger partial charge < -0.3 is 10.1 Å². The zero-order valence-corrected chi connectivity index (χ0v) is 11.1. The highest BCUT2D eigenvalue weighted by atomic mass is 79.9. The summed E-state index contributed by atoms with van der Waals surface area (Å²) in [4.78, 5) is 11.6. The Morgan fingerprint density at radius 1 is 1.44 bits per heavy atom. The summed E-state index contributed by atoms with van der Waals surface area (Å²) in [6.07, 6.45) is 0.641. The standard InChI is InChI=1S/C12H16BrNO2/c1-3-16-12(15)11(14-2)8-9-4-6-10(13)7-5-9/h4-7,11,14H,3,8H2,1-2H3. The first-order valence-electron chi connectivity index (χ1n) is 5.25. The van der Waals surface area contributed by atoms with Gasteiger partial charge in [-0.05, 0) is 38.1 Å². The molecule has 1 N–H and O–H groups in total. The number of carbonyl (C=O) groups is 1. The molecule has 0 aliphatic carbocycles. The second-order valence-electron chi connectivity index (χ2n) is 3.42. The Morgan fingerprint density at radius 2 is 2.06 bits per heavy atom. The van der Waals surface area contributed by atoms with Crippen molar-refractivity contribution in [3.8, 4) is 0 Å². The lowest BCUT2D eigenvalue weighted by atomic mass is 10.1. The van der Waals surface area contributed by atoms with Crippen molar-refractivity contribution in [3.63, 3.8) is 0 Å². The van der Waals surface area contributed by atoms with E-state index in [1.54, 1.807) is 7.05 Å². The van der Waals surface area contributed by atoms with Gasteiger partial charge in [0.1, 0.15) is 6.04 Å². The molecule has 0 saturated carbocycles. The third-order valence-electron chi connectivity index (χ3n) is 2.27. The van der Waals surface area contributed by atoms with Crippen molar-refractivity contribution in [2.24, 2.45) is 0 Å². The van der Waals surface area contributed by atoms with Gasteiger partial charge in [0.05, 0.1) is 6.61 Å². The van der Waals surface area contributed by atoms with Gasteiger partial charge in [0.25, 0.3) is 0 Å². The van der Waals surface area contributed by atoms with E-state index in [0.717, 1.165) is 10.0 Å². The van der Waals surface area contributed by atoms with Crippen LogP contribution in [0.5, 0.6) is 0 Å². The van der Waals surface area contributed by atoms with Crippen molar-refractivity contribution in [1.29, 1.82) is 0 Å². The predicted octanol–water partition coefficient (Wildman–Crippen LogP) is 2.14. The molecule has 0 bridgehead atoms. The fraction of sp³-hybridized carbons (Fsp3) is 0.417. The molecule has 1 rings (SSSR count). The van der Waals surface area contributed by atoms with Crippen molar-refractivity contribution in [2.45, 2.75) is 19.4 Å². The maximum absolute atomic E-state index is 11.6. The molecule has 0 aromatic heterocycles. The van der Waals surface area contributed by atoms with Crippen molar-refractivity contribution >= 4 is 21.9 Å². The maximum atomic E-state index is 11.6. The Hall–Kier alpha value is -0.870. The van der Waals surface area contributed by atoms with Gasteiger partial charge in [-0.15, -0.1) is 0 Å². The molecule has 88 valence electrons. The minimum absolute atomic E-state index is 0.201. The van der Waals surface area contributed by atoms with Gasteiger partial charge in [-0.1, -0.05) is 28.1 Å². The van der Waals surface area contributed by atoms with Crippen LogP contribution in [0, 0.1) is 0 Å². The summed E-state index contributed by atoms with van der Waals surface area (Å²) in [5.41, 5.74) is 1.11. The number of esters is 1. The Kier molecular flexibility index (Phi) is 5.49. The van der Waals surface area contributed by atoms with Crippen LogP contribution in [-0.2, 0) is 16.0 Å². The average molecular weight is 286 g/mol. The van der Waals surface area contributed by atoms with Crippen LogP contribution in [0.1, 0.15) is 12.5 Å². The second kappa shape index (κ2) is 6.66. The molecule has 0 amide bonds. The van der Waals surface area contributed by atoms with E-state index in [4.69, 9.17) is 4.74 Å². The van der Waals surface area contributed by atoms with Gasteiger partial charge >= 0.3 is 5.97 Å². The van der Waals surface area contributed by atoms with Crippen LogP contribution in [0.2, 0.25) is 0 Å². The lowest BCUT2D eigenvalue weighted by molar-refractivity contribution is -0.145. The molecule has 0 spiro atoms. The van der Waals surface area contributed by atoms with E-state index in [2.05, 4.69) is 21.2 Å². The van der Waals surface area contributed by atoms with E-state index in [-0.39, 0.29) is 12.0 Å². The first kappa shape index (κ1) is 13.2. The Balaban J connectivity index is 2.62. The third-order valence-corrected chi connectivity index (χ3v) is 2.80. The fourth-order valence-electron chi connectivity index (χ4n) is 1.40. The van der Waals surface area contributed by atoms with Gasteiger partial charge in [0.15, 0.2) is 0 Å². The molecule has 0 radical (unpaired) electrons. The summed E-state index contributed by atoms with van der Waals surface area (Å²) in [5, 5.41) is 2.96. The summed E-state index contributed by atoms with van der Waals surface area (Å²) in [5.74, 6) is -0.201. The summed E-state index contributed by atoms with van der Waals surface area (Å²) in [6, 6.07) is 7.64. The SMILES string of the molecule is CCOC(=O)C(Cc1ccc(Br)cc1)NC. The normalized spacial score (nSPS) is 12.2. The van der Waals surface area contributed by atoms with E-state index in [0.29, 0.717) is 13.0 Å². The molecule has 3 nitrogen and oxygen atoms in total. The van der Waals surface area contributed by atoms with E-state index >= 15 is 0 Å². The number of ether oxygens (including phenoxy) is 1. The monoisotopic (exact) mass is 285 g/mol. The first-order chi connectivity index (χ1) is 7.67. The molecule has 0 heterocycles. The van der Waals surface area contributed by atoms with Crippen molar-refractivity contribution < 1.29 is 9.53 Å². The van der Waals surface area contributed by atoms with E-state index < -0.39 is 0 Å². The third kappa shape index (κ3) is 3.94. The second-order valence-corrected chi connectivity index (χ2v) is 4.34. The minimum Gasteiger partial charge on any atom is -0.465 e. The van der Waals surface area contributed by atoms with Crippen LogP contribution < -0.4 is 5.32 Å². The topological polar surface area (TPSA) is 38.3 Å². The molecular formula is C12H16BrNO2. The predicted molar refractivity (Wildman–Crippen MR) is 67.3 cm³/mol. The molecule has 0 fully saturated rings. The summed E-state index contributed by atoms with van der Waals surface area (Å²) >= 11 is 3.38. The summed E-state index contributed by atoms with van der Waals surface area (Å²) < 4.78 is 6.02. The zero-order valence-electron chi connectivity index (χ0n) is 9.50. The number of benzene rings is 1. The van der Waals surface area contributed by atoms with Crippen LogP contribution in [0.15, 0.2) is 28.7 Å². The van der Waals surface area contributed by atoms with E-state index in [9.17, 15) is 4.79 Å². The Bertz CT molecular complexity index is 337. The zero-order chi connectivity index (χ0) is 12.0. The van der Waals surface area contributed by atoms with Gasteiger partial charge in [-0.25, -0.2) is 0 Å². The van der Waals surface area contributed by atoms with Crippen LogP contribution >= 0.6 is 15.9 Å². The highest BCUT2D eigenvalue weighted by molar-refractivity contribution is 9.10. The molecule has 1 unspecified atom stereocenters. The first-order valence-corrected chi connectivity index (χ1v) is 6.05. The Morgan fingerprint density at radius 3 is 2.56 bits per heavy atom. The molecule has 16 heavy (non-hydrogen) atoms. The molecule has 0 saturated heterocycles. The number of hydrogen-bond donors (Lipinski definition) is 1. The van der Waals surface area contributed by atoms with E-state index in [1.807, 2.05) is 31.2 Å². The van der Waals surface area contributed by atoms with Crippen molar-refractivity contribution in [2.75, 3.05) is 13.7 Å². The molecule has 1 aromatic carbocycles. The van der Waals surface area contributed by atoms with Crippen LogP contribution in [0.4, 0.5) is 0 Å². The molecule has 1 atom stereocenters. The molecular weight excluding hydrogens is 270 g/mol. The number of halogens is 1. The van der Waals surface area contributed by atoms with Crippen LogP contribution in [0.3, 0.4) is 0 Å². The van der Waals surface area contributed by atoms with Crippen LogP contribution in [0.25, 0.3) is 0 Å². The molecule has 0 aliphatic heterocycles. The number of nitrogens with one attached hydrogen (secondary N) is 1. The van der Waals surface area contributed by atoms with Gasteiger partial charge in [0.2, 0.25) is 0 Å². The van der Waals surface area contributed by atoms with Gasteiger partial charge in [-0.3, -0.25) is 4.79 Å². The smallest absolute Gasteiger partial charge is 0.323 e. The van der Waals surface area contributed by atoms with E-state index in [1.165, 1.54) is 0 Å². The summed E-state index contributed by atoms with van der Waals surface area (Å²) in [6.45, 7) is 2.22. The lowest BCUT2D eigenvalue weighted by Gasteiger charge is -2.14. The van der Waals surface area contributed by atoms with Crippen molar-refractivity contribution in [3.05, 3.63) is 34.3 Å². The largest absolute Gasteiger partial charge is 0.465 e. The number of rotatable bonds is 5. The van der Waals surface area contributed by atoms with Crippen LogP contribution in [-0.4, -0.2) is 25.7 Å². The van der Waals surface area contributed by atoms with Gasteiger partial charge in [-0.2, -0.15) is 0 Å². The minimum atomic E-state index is -0.277. The Labute approximate surface area is 104 Å².